The molecule has 0 saturated heterocycles. The van der Waals surface area contributed by atoms with Gasteiger partial charge in [-0.3, -0.25) is 0 Å². The molecule has 2 rings (SSSR count). The second-order valence-electron chi connectivity index (χ2n) is 4.63. The molecule has 7 heteroatoms. The topological polar surface area (TPSA) is 35.0 Å². The summed E-state index contributed by atoms with van der Waals surface area (Å²) in [6.45, 7) is 4.03. The normalized spacial score (nSPS) is 11.0. The number of hydrogen-bond acceptors (Lipinski definition) is 3. The molecule has 0 radical (unpaired) electrons. The quantitative estimate of drug-likeness (QED) is 0.445. The van der Waals surface area contributed by atoms with E-state index in [1.807, 2.05) is 13.8 Å². The van der Waals surface area contributed by atoms with E-state index in [1.54, 1.807) is 18.3 Å². The Bertz CT molecular complexity index is 665. The predicted molar refractivity (Wildman–Crippen MR) is 89.9 cm³/mol. The van der Waals surface area contributed by atoms with Crippen molar-refractivity contribution in [3.63, 3.8) is 0 Å². The third-order valence-electron chi connectivity index (χ3n) is 2.69. The van der Waals surface area contributed by atoms with Gasteiger partial charge in [-0.15, -0.1) is 11.6 Å². The van der Waals surface area contributed by atoms with Crippen LogP contribution in [0.25, 0.3) is 0 Å². The zero-order valence-corrected chi connectivity index (χ0v) is 15.2. The number of aromatic nitrogens is 2. The van der Waals surface area contributed by atoms with Crippen molar-refractivity contribution < 1.29 is 4.74 Å². The molecule has 0 saturated carbocycles. The maximum Gasteiger partial charge on any atom is 0.168 e. The molecule has 3 nitrogen and oxygen atoms in total. The highest BCUT2D eigenvalue weighted by Gasteiger charge is 2.13. The van der Waals surface area contributed by atoms with Crippen molar-refractivity contribution in [2.75, 3.05) is 0 Å². The van der Waals surface area contributed by atoms with Crippen LogP contribution in [0.4, 0.5) is 0 Å². The van der Waals surface area contributed by atoms with Crippen molar-refractivity contribution in [2.45, 2.75) is 25.6 Å². The van der Waals surface area contributed by atoms with Gasteiger partial charge in [0, 0.05) is 16.5 Å². The molecule has 21 heavy (non-hydrogen) atoms. The van der Waals surface area contributed by atoms with Crippen molar-refractivity contribution in [3.05, 3.63) is 44.4 Å². The van der Waals surface area contributed by atoms with Crippen LogP contribution in [0.1, 0.15) is 31.3 Å². The molecule has 0 aliphatic heterocycles. The van der Waals surface area contributed by atoms with Gasteiger partial charge in [0.05, 0.1) is 22.1 Å². The molecule has 0 N–H and O–H groups in total. The molecule has 0 fully saturated rings. The van der Waals surface area contributed by atoms with Gasteiger partial charge in [0.2, 0.25) is 0 Å². The van der Waals surface area contributed by atoms with Crippen LogP contribution in [0.2, 0.25) is 10.0 Å². The van der Waals surface area contributed by atoms with Crippen molar-refractivity contribution >= 4 is 50.7 Å². The molecule has 0 spiro atoms. The zero-order valence-electron chi connectivity index (χ0n) is 11.3. The Labute approximate surface area is 146 Å². The summed E-state index contributed by atoms with van der Waals surface area (Å²) in [5.74, 6) is 2.05. The number of rotatable bonds is 4. The highest BCUT2D eigenvalue weighted by Crippen LogP contribution is 2.37. The number of alkyl halides is 1. The lowest BCUT2D eigenvalue weighted by Crippen LogP contribution is -2.02. The van der Waals surface area contributed by atoms with E-state index in [2.05, 4.69) is 25.9 Å². The summed E-state index contributed by atoms with van der Waals surface area (Å²) in [7, 11) is 0. The summed E-state index contributed by atoms with van der Waals surface area (Å²) in [5.41, 5.74) is 0.616. The number of nitrogens with zero attached hydrogens (tertiary/aromatic N) is 2. The number of benzene rings is 1. The molecule has 0 amide bonds. The number of ether oxygens (including phenoxy) is 1. The Balaban J connectivity index is 2.37. The van der Waals surface area contributed by atoms with E-state index in [9.17, 15) is 0 Å². The third-order valence-corrected chi connectivity index (χ3v) is 4.43. The highest BCUT2D eigenvalue weighted by atomic mass is 79.9. The summed E-state index contributed by atoms with van der Waals surface area (Å²) in [5, 5.41) is 0.932. The molecular weight excluding hydrogens is 398 g/mol. The molecule has 2 aromatic rings. The standard InChI is InChI=1S/C14H12BrCl3N2O/c1-7(2)14-19-6-13(11(5-16)20-14)21-12-4-9(17)8(15)3-10(12)18/h3-4,6-7H,5H2,1-2H3. The molecule has 112 valence electrons. The van der Waals surface area contributed by atoms with Gasteiger partial charge in [-0.1, -0.05) is 37.0 Å². The summed E-state index contributed by atoms with van der Waals surface area (Å²) in [6.07, 6.45) is 1.60. The highest BCUT2D eigenvalue weighted by molar-refractivity contribution is 9.10. The van der Waals surface area contributed by atoms with E-state index in [1.165, 1.54) is 0 Å². The lowest BCUT2D eigenvalue weighted by atomic mass is 10.2. The van der Waals surface area contributed by atoms with Crippen LogP contribution < -0.4 is 4.74 Å². The van der Waals surface area contributed by atoms with Crippen LogP contribution in [0.15, 0.2) is 22.8 Å². The van der Waals surface area contributed by atoms with Crippen LogP contribution in [-0.2, 0) is 5.88 Å². The average molecular weight is 411 g/mol. The maximum atomic E-state index is 6.14. The molecule has 1 heterocycles. The van der Waals surface area contributed by atoms with Gasteiger partial charge in [-0.25, -0.2) is 9.97 Å². The predicted octanol–water partition coefficient (Wildman–Crippen LogP) is 6.20. The maximum absolute atomic E-state index is 6.14. The lowest BCUT2D eigenvalue weighted by molar-refractivity contribution is 0.470. The molecule has 0 aliphatic rings. The van der Waals surface area contributed by atoms with Gasteiger partial charge in [0.1, 0.15) is 17.3 Å². The first-order chi connectivity index (χ1) is 9.92. The monoisotopic (exact) mass is 408 g/mol. The fraction of sp³-hybridized carbons (Fsp3) is 0.286. The smallest absolute Gasteiger partial charge is 0.168 e. The number of halogens is 4. The van der Waals surface area contributed by atoms with E-state index in [-0.39, 0.29) is 11.8 Å². The summed E-state index contributed by atoms with van der Waals surface area (Å²) in [4.78, 5) is 8.68. The van der Waals surface area contributed by atoms with E-state index in [4.69, 9.17) is 39.5 Å². The first-order valence-corrected chi connectivity index (χ1v) is 8.25. The Kier molecular flexibility index (Phi) is 5.72. The molecule has 1 aromatic carbocycles. The minimum absolute atomic E-state index is 0.215. The Morgan fingerprint density at radius 3 is 2.52 bits per heavy atom. The molecule has 0 aliphatic carbocycles. The Morgan fingerprint density at radius 2 is 1.90 bits per heavy atom. The van der Waals surface area contributed by atoms with E-state index < -0.39 is 0 Å². The van der Waals surface area contributed by atoms with Crippen LogP contribution in [-0.4, -0.2) is 9.97 Å². The minimum atomic E-state index is 0.215. The van der Waals surface area contributed by atoms with Crippen LogP contribution >= 0.6 is 50.7 Å². The van der Waals surface area contributed by atoms with Crippen LogP contribution in [0.5, 0.6) is 11.5 Å². The first-order valence-electron chi connectivity index (χ1n) is 6.16. The SMILES string of the molecule is CC(C)c1ncc(Oc2cc(Cl)c(Br)cc2Cl)c(CCl)n1. The minimum Gasteiger partial charge on any atom is -0.452 e. The van der Waals surface area contributed by atoms with Crippen molar-refractivity contribution in [1.29, 1.82) is 0 Å². The molecule has 1 aromatic heterocycles. The average Bonchev–Trinajstić information content (AvgIpc) is 2.44. The first kappa shape index (κ1) is 16.8. The van der Waals surface area contributed by atoms with Gasteiger partial charge >= 0.3 is 0 Å². The fourth-order valence-corrected chi connectivity index (χ4v) is 2.60. The van der Waals surface area contributed by atoms with E-state index in [0.29, 0.717) is 31.7 Å². The molecule has 0 atom stereocenters. The third kappa shape index (κ3) is 4.01. The zero-order chi connectivity index (χ0) is 15.6. The van der Waals surface area contributed by atoms with Crippen molar-refractivity contribution in [2.24, 2.45) is 0 Å². The van der Waals surface area contributed by atoms with Crippen molar-refractivity contribution in [1.82, 2.24) is 9.97 Å². The van der Waals surface area contributed by atoms with Crippen LogP contribution in [0.3, 0.4) is 0 Å². The summed E-state index contributed by atoms with van der Waals surface area (Å²) >= 11 is 21.4. The van der Waals surface area contributed by atoms with Gasteiger partial charge in [0.15, 0.2) is 5.75 Å². The van der Waals surface area contributed by atoms with Gasteiger partial charge in [-0.2, -0.15) is 0 Å². The van der Waals surface area contributed by atoms with E-state index in [0.717, 1.165) is 5.82 Å². The lowest BCUT2D eigenvalue weighted by Gasteiger charge is -2.12. The molecular formula is C14H12BrCl3N2O. The second kappa shape index (κ2) is 7.14. The molecule has 0 unspecified atom stereocenters. The van der Waals surface area contributed by atoms with Crippen molar-refractivity contribution in [3.8, 4) is 11.5 Å². The van der Waals surface area contributed by atoms with E-state index >= 15 is 0 Å². The van der Waals surface area contributed by atoms with Crippen LogP contribution in [0, 0.1) is 0 Å². The summed E-state index contributed by atoms with van der Waals surface area (Å²) in [6, 6.07) is 3.30. The Hall–Kier alpha value is -0.550. The molecule has 0 bridgehead atoms. The van der Waals surface area contributed by atoms with Gasteiger partial charge in [0.25, 0.3) is 0 Å². The van der Waals surface area contributed by atoms with Gasteiger partial charge < -0.3 is 4.74 Å². The number of hydrogen-bond donors (Lipinski definition) is 0. The largest absolute Gasteiger partial charge is 0.452 e. The van der Waals surface area contributed by atoms with Gasteiger partial charge in [-0.05, 0) is 22.0 Å². The fourth-order valence-electron chi connectivity index (χ4n) is 1.58. The second-order valence-corrected chi connectivity index (χ2v) is 6.56. The summed E-state index contributed by atoms with van der Waals surface area (Å²) < 4.78 is 6.45. The Morgan fingerprint density at radius 1 is 1.19 bits per heavy atom.